The lowest BCUT2D eigenvalue weighted by atomic mass is 10.1. The van der Waals surface area contributed by atoms with Gasteiger partial charge in [0.2, 0.25) is 0 Å². The first kappa shape index (κ1) is 16.8. The number of nitrogens with one attached hydrogen (secondary N) is 2. The molecule has 0 aliphatic rings. The zero-order chi connectivity index (χ0) is 15.7. The van der Waals surface area contributed by atoms with Crippen LogP contribution in [0.25, 0.3) is 0 Å². The molecule has 1 aromatic rings. The quantitative estimate of drug-likeness (QED) is 0.529. The molecule has 21 heavy (non-hydrogen) atoms. The van der Waals surface area contributed by atoms with Crippen LogP contribution in [0.1, 0.15) is 12.5 Å². The SMILES string of the molecule is CCOCCNC(=O)N[C@@H](Cc1ccc(O)cc1)C(=O)O. The first-order valence-electron chi connectivity index (χ1n) is 6.65. The number of urea groups is 1. The molecule has 0 fully saturated rings. The van der Waals surface area contributed by atoms with Gasteiger partial charge < -0.3 is 25.6 Å². The third kappa shape index (κ3) is 6.62. The molecule has 0 aromatic heterocycles. The van der Waals surface area contributed by atoms with E-state index in [2.05, 4.69) is 10.6 Å². The Balaban J connectivity index is 2.48. The maximum absolute atomic E-state index is 11.6. The van der Waals surface area contributed by atoms with Crippen LogP contribution in [0, 0.1) is 0 Å². The molecule has 0 spiro atoms. The summed E-state index contributed by atoms with van der Waals surface area (Å²) in [6.07, 6.45) is 0.133. The van der Waals surface area contributed by atoms with Gasteiger partial charge in [-0.25, -0.2) is 9.59 Å². The number of ether oxygens (including phenoxy) is 1. The number of carbonyl (C=O) groups is 2. The normalized spacial score (nSPS) is 11.7. The lowest BCUT2D eigenvalue weighted by molar-refractivity contribution is -0.139. The highest BCUT2D eigenvalue weighted by Crippen LogP contribution is 2.11. The number of hydrogen-bond donors (Lipinski definition) is 4. The van der Waals surface area contributed by atoms with Gasteiger partial charge in [-0.05, 0) is 24.6 Å². The number of carboxylic acids is 1. The van der Waals surface area contributed by atoms with Crippen molar-refractivity contribution in [3.63, 3.8) is 0 Å². The summed E-state index contributed by atoms with van der Waals surface area (Å²) in [4.78, 5) is 22.8. The lowest BCUT2D eigenvalue weighted by Gasteiger charge is -2.15. The molecule has 116 valence electrons. The number of aliphatic carboxylic acids is 1. The number of phenols is 1. The molecular weight excluding hydrogens is 276 g/mol. The second-order valence-electron chi connectivity index (χ2n) is 4.36. The van der Waals surface area contributed by atoms with Crippen LogP contribution in [0.15, 0.2) is 24.3 Å². The summed E-state index contributed by atoms with van der Waals surface area (Å²) in [6.45, 7) is 3.09. The predicted octanol–water partition coefficient (Wildman–Crippen LogP) is 0.724. The van der Waals surface area contributed by atoms with E-state index in [4.69, 9.17) is 9.84 Å². The molecule has 0 aliphatic carbocycles. The molecule has 4 N–H and O–H groups in total. The second kappa shape index (κ2) is 8.80. The minimum Gasteiger partial charge on any atom is -0.508 e. The minimum atomic E-state index is -1.12. The maximum Gasteiger partial charge on any atom is 0.326 e. The highest BCUT2D eigenvalue weighted by molar-refractivity contribution is 5.82. The molecule has 0 bridgehead atoms. The zero-order valence-corrected chi connectivity index (χ0v) is 11.8. The van der Waals surface area contributed by atoms with Gasteiger partial charge in [0.05, 0.1) is 6.61 Å². The highest BCUT2D eigenvalue weighted by atomic mass is 16.5. The smallest absolute Gasteiger partial charge is 0.326 e. The molecule has 0 saturated heterocycles. The molecule has 1 rings (SSSR count). The third-order valence-electron chi connectivity index (χ3n) is 2.72. The standard InChI is InChI=1S/C14H20N2O5/c1-2-21-8-7-15-14(20)16-12(13(18)19)9-10-3-5-11(17)6-4-10/h3-6,12,17H,2,7-9H2,1H3,(H,18,19)(H2,15,16,20)/t12-/m0/s1. The van der Waals surface area contributed by atoms with Gasteiger partial charge in [0.25, 0.3) is 0 Å². The summed E-state index contributed by atoms with van der Waals surface area (Å²) in [7, 11) is 0. The number of rotatable bonds is 8. The van der Waals surface area contributed by atoms with Crippen LogP contribution in [-0.2, 0) is 16.0 Å². The summed E-state index contributed by atoms with van der Waals surface area (Å²) in [5, 5.41) is 23.2. The average Bonchev–Trinajstić information content (AvgIpc) is 2.45. The fourth-order valence-corrected chi connectivity index (χ4v) is 1.66. The van der Waals surface area contributed by atoms with Gasteiger partial charge in [-0.15, -0.1) is 0 Å². The topological polar surface area (TPSA) is 108 Å². The van der Waals surface area contributed by atoms with E-state index in [9.17, 15) is 14.7 Å². The Morgan fingerprint density at radius 1 is 1.29 bits per heavy atom. The Bertz CT molecular complexity index is 461. The van der Waals surface area contributed by atoms with E-state index >= 15 is 0 Å². The Hall–Kier alpha value is -2.28. The summed E-state index contributed by atoms with van der Waals surface area (Å²) in [5.41, 5.74) is 0.704. The maximum atomic E-state index is 11.6. The van der Waals surface area contributed by atoms with E-state index in [0.717, 1.165) is 0 Å². The third-order valence-corrected chi connectivity index (χ3v) is 2.72. The fraction of sp³-hybridized carbons (Fsp3) is 0.429. The van der Waals surface area contributed by atoms with E-state index < -0.39 is 18.0 Å². The molecule has 0 unspecified atom stereocenters. The zero-order valence-electron chi connectivity index (χ0n) is 11.8. The van der Waals surface area contributed by atoms with Crippen molar-refractivity contribution in [3.8, 4) is 5.75 Å². The van der Waals surface area contributed by atoms with Crippen LogP contribution in [0.3, 0.4) is 0 Å². The Morgan fingerprint density at radius 3 is 2.52 bits per heavy atom. The highest BCUT2D eigenvalue weighted by Gasteiger charge is 2.20. The number of aromatic hydroxyl groups is 1. The molecule has 0 saturated carbocycles. The number of hydrogen-bond acceptors (Lipinski definition) is 4. The van der Waals surface area contributed by atoms with Crippen LogP contribution in [-0.4, -0.2) is 48.0 Å². The summed E-state index contributed by atoms with van der Waals surface area (Å²) >= 11 is 0. The van der Waals surface area contributed by atoms with E-state index in [-0.39, 0.29) is 12.2 Å². The fourth-order valence-electron chi connectivity index (χ4n) is 1.66. The van der Waals surface area contributed by atoms with Gasteiger partial charge in [0.1, 0.15) is 11.8 Å². The largest absolute Gasteiger partial charge is 0.508 e. The summed E-state index contributed by atoms with van der Waals surface area (Å²) in [5.74, 6) is -1.02. The monoisotopic (exact) mass is 296 g/mol. The average molecular weight is 296 g/mol. The van der Waals surface area contributed by atoms with E-state index in [0.29, 0.717) is 25.3 Å². The second-order valence-corrected chi connectivity index (χ2v) is 4.36. The van der Waals surface area contributed by atoms with Crippen LogP contribution in [0.2, 0.25) is 0 Å². The van der Waals surface area contributed by atoms with E-state index in [1.165, 1.54) is 12.1 Å². The number of carbonyl (C=O) groups excluding carboxylic acids is 1. The molecule has 0 radical (unpaired) electrons. The van der Waals surface area contributed by atoms with Crippen molar-refractivity contribution >= 4 is 12.0 Å². The molecule has 7 nitrogen and oxygen atoms in total. The van der Waals surface area contributed by atoms with E-state index in [1.807, 2.05) is 6.92 Å². The van der Waals surface area contributed by atoms with Crippen molar-refractivity contribution < 1.29 is 24.5 Å². The van der Waals surface area contributed by atoms with Crippen LogP contribution in [0.4, 0.5) is 4.79 Å². The number of amides is 2. The van der Waals surface area contributed by atoms with Crippen LogP contribution in [0.5, 0.6) is 5.75 Å². The first-order valence-corrected chi connectivity index (χ1v) is 6.65. The van der Waals surface area contributed by atoms with E-state index in [1.54, 1.807) is 12.1 Å². The van der Waals surface area contributed by atoms with Gasteiger partial charge in [0.15, 0.2) is 0 Å². The predicted molar refractivity (Wildman–Crippen MR) is 76.3 cm³/mol. The van der Waals surface area contributed by atoms with Crippen LogP contribution < -0.4 is 10.6 Å². The van der Waals surface area contributed by atoms with Gasteiger partial charge in [-0.2, -0.15) is 0 Å². The van der Waals surface area contributed by atoms with Crippen molar-refractivity contribution in [2.24, 2.45) is 0 Å². The lowest BCUT2D eigenvalue weighted by Crippen LogP contribution is -2.47. The summed E-state index contributed by atoms with van der Waals surface area (Å²) < 4.78 is 5.06. The van der Waals surface area contributed by atoms with Crippen molar-refractivity contribution in [1.29, 1.82) is 0 Å². The molecule has 7 heteroatoms. The molecule has 1 aromatic carbocycles. The van der Waals surface area contributed by atoms with Gasteiger partial charge >= 0.3 is 12.0 Å². The van der Waals surface area contributed by atoms with Crippen molar-refractivity contribution in [1.82, 2.24) is 10.6 Å². The number of carboxylic acid groups (broad SMARTS) is 1. The Kier molecular flexibility index (Phi) is 7.03. The van der Waals surface area contributed by atoms with Crippen LogP contribution >= 0.6 is 0 Å². The van der Waals surface area contributed by atoms with Crippen molar-refractivity contribution in [3.05, 3.63) is 29.8 Å². The molecule has 1 atom stereocenters. The van der Waals surface area contributed by atoms with Gasteiger partial charge in [-0.3, -0.25) is 0 Å². The van der Waals surface area contributed by atoms with Crippen molar-refractivity contribution in [2.45, 2.75) is 19.4 Å². The Labute approximate surface area is 122 Å². The number of benzene rings is 1. The van der Waals surface area contributed by atoms with Crippen molar-refractivity contribution in [2.75, 3.05) is 19.8 Å². The molecule has 0 aliphatic heterocycles. The Morgan fingerprint density at radius 2 is 1.95 bits per heavy atom. The molecule has 0 heterocycles. The van der Waals surface area contributed by atoms with Gasteiger partial charge in [-0.1, -0.05) is 12.1 Å². The number of phenolic OH excluding ortho intramolecular Hbond substituents is 1. The minimum absolute atomic E-state index is 0.104. The summed E-state index contributed by atoms with van der Waals surface area (Å²) in [6, 6.07) is 4.56. The molecular formula is C14H20N2O5. The van der Waals surface area contributed by atoms with Gasteiger partial charge in [0, 0.05) is 19.6 Å². The molecule has 2 amide bonds. The first-order chi connectivity index (χ1) is 10.0.